The molecule has 0 radical (unpaired) electrons. The van der Waals surface area contributed by atoms with E-state index in [4.69, 9.17) is 9.47 Å². The second kappa shape index (κ2) is 11.9. The van der Waals surface area contributed by atoms with E-state index in [0.29, 0.717) is 25.2 Å². The van der Waals surface area contributed by atoms with Crippen LogP contribution in [-0.2, 0) is 14.8 Å². The molecule has 4 heterocycles. The molecule has 3 aliphatic heterocycles. The molecule has 2 saturated heterocycles. The van der Waals surface area contributed by atoms with Crippen molar-refractivity contribution < 1.29 is 27.5 Å². The highest BCUT2D eigenvalue weighted by molar-refractivity contribution is 7.92. The summed E-state index contributed by atoms with van der Waals surface area (Å²) in [5.41, 5.74) is 3.43. The Kier molecular flexibility index (Phi) is 8.20. The number of nitrogens with zero attached hydrogens (tertiary/aromatic N) is 4. The maximum absolute atomic E-state index is 14.6. The van der Waals surface area contributed by atoms with Gasteiger partial charge in [0, 0.05) is 36.3 Å². The van der Waals surface area contributed by atoms with Gasteiger partial charge in [0.15, 0.2) is 0 Å². The Morgan fingerprint density at radius 3 is 2.37 bits per heavy atom. The Morgan fingerprint density at radius 2 is 1.72 bits per heavy atom. The van der Waals surface area contributed by atoms with E-state index in [2.05, 4.69) is 35.5 Å². The summed E-state index contributed by atoms with van der Waals surface area (Å²) < 4.78 is 41.3. The number of hydrogen-bond acceptors (Lipinski definition) is 8. The maximum Gasteiger partial charge on any atom is 0.409 e. The maximum atomic E-state index is 14.6. The third-order valence-corrected chi connectivity index (χ3v) is 10.5. The Balaban J connectivity index is 1.48. The van der Waals surface area contributed by atoms with Gasteiger partial charge in [-0.1, -0.05) is 45.0 Å². The summed E-state index contributed by atoms with van der Waals surface area (Å²) in [7, 11) is -2.79. The smallest absolute Gasteiger partial charge is 0.409 e. The Hall–Kier alpha value is -4.19. The van der Waals surface area contributed by atoms with E-state index >= 15 is 0 Å². The number of anilines is 1. The third-order valence-electron chi connectivity index (χ3n) is 9.19. The molecule has 2 aromatic carbocycles. The van der Waals surface area contributed by atoms with Crippen LogP contribution in [-0.4, -0.2) is 79.1 Å². The van der Waals surface area contributed by atoms with Crippen molar-refractivity contribution in [3.8, 4) is 17.1 Å². The van der Waals surface area contributed by atoms with Crippen LogP contribution in [0.3, 0.4) is 0 Å². The number of benzene rings is 2. The molecular formula is C34H41N5O6S. The Bertz CT molecular complexity index is 1760. The molecule has 4 atom stereocenters. The number of sulfonamides is 1. The molecule has 6 bridgehead atoms. The summed E-state index contributed by atoms with van der Waals surface area (Å²) in [6, 6.07) is 13.2. The molecule has 3 fully saturated rings. The zero-order chi connectivity index (χ0) is 33.0. The van der Waals surface area contributed by atoms with Gasteiger partial charge >= 0.3 is 6.09 Å². The minimum atomic E-state index is -4.17. The zero-order valence-corrected chi connectivity index (χ0v) is 27.9. The third kappa shape index (κ3) is 6.14. The monoisotopic (exact) mass is 647 g/mol. The fourth-order valence-corrected chi connectivity index (χ4v) is 8.27. The van der Waals surface area contributed by atoms with Crippen LogP contribution in [0.5, 0.6) is 5.88 Å². The fraction of sp³-hybridized carbons (Fsp3) is 0.471. The first-order valence-electron chi connectivity index (χ1n) is 15.6. The molecule has 4 aliphatic rings. The summed E-state index contributed by atoms with van der Waals surface area (Å²) in [4.78, 5) is 39.6. The molecule has 12 heteroatoms. The highest BCUT2D eigenvalue weighted by atomic mass is 32.2. The number of hydrogen-bond donors (Lipinski definition) is 1. The van der Waals surface area contributed by atoms with Crippen molar-refractivity contribution in [2.45, 2.75) is 64.4 Å². The van der Waals surface area contributed by atoms with Gasteiger partial charge in [0.05, 0.1) is 23.7 Å². The largest absolute Gasteiger partial charge is 0.475 e. The average molecular weight is 648 g/mol. The zero-order valence-electron chi connectivity index (χ0n) is 27.1. The lowest BCUT2D eigenvalue weighted by molar-refractivity contribution is -0.0789. The van der Waals surface area contributed by atoms with E-state index in [9.17, 15) is 18.0 Å². The van der Waals surface area contributed by atoms with Crippen molar-refractivity contribution in [2.75, 3.05) is 31.5 Å². The van der Waals surface area contributed by atoms with Gasteiger partial charge in [-0.25, -0.2) is 22.9 Å². The van der Waals surface area contributed by atoms with E-state index in [0.717, 1.165) is 23.1 Å². The van der Waals surface area contributed by atoms with Crippen LogP contribution in [0.25, 0.3) is 11.3 Å². The first-order valence-corrected chi connectivity index (χ1v) is 17.1. The van der Waals surface area contributed by atoms with Crippen molar-refractivity contribution in [3.63, 3.8) is 0 Å². The predicted molar refractivity (Wildman–Crippen MR) is 173 cm³/mol. The molecule has 11 nitrogen and oxygen atoms in total. The Morgan fingerprint density at radius 1 is 1.04 bits per heavy atom. The number of carbonyl (C=O) groups excluding carboxylic acids is 2. The molecule has 7 rings (SSSR count). The van der Waals surface area contributed by atoms with Crippen molar-refractivity contribution in [1.82, 2.24) is 19.8 Å². The topological polar surface area (TPSA) is 131 Å². The minimum absolute atomic E-state index is 0.0508. The molecule has 1 saturated carbocycles. The van der Waals surface area contributed by atoms with Crippen LogP contribution in [0, 0.1) is 31.1 Å². The summed E-state index contributed by atoms with van der Waals surface area (Å²) in [6.45, 7) is 11.4. The molecule has 1 aromatic heterocycles. The van der Waals surface area contributed by atoms with Gasteiger partial charge in [-0.3, -0.25) is 4.79 Å². The molecule has 244 valence electrons. The second-order valence-electron chi connectivity index (χ2n) is 13.9. The number of aromatic nitrogens is 2. The molecule has 46 heavy (non-hydrogen) atoms. The van der Waals surface area contributed by atoms with E-state index in [1.165, 1.54) is 19.2 Å². The second-order valence-corrected chi connectivity index (χ2v) is 15.6. The quantitative estimate of drug-likeness (QED) is 0.406. The first-order chi connectivity index (χ1) is 21.7. The van der Waals surface area contributed by atoms with Crippen molar-refractivity contribution in [3.05, 3.63) is 65.2 Å². The molecule has 1 aliphatic carbocycles. The summed E-state index contributed by atoms with van der Waals surface area (Å²) >= 11 is 0. The normalized spacial score (nSPS) is 23.9. The number of ether oxygens (including phenoxy) is 2. The predicted octanol–water partition coefficient (Wildman–Crippen LogP) is 5.29. The number of amides is 2. The van der Waals surface area contributed by atoms with Gasteiger partial charge in [0.2, 0.25) is 11.8 Å². The van der Waals surface area contributed by atoms with Gasteiger partial charge in [0.25, 0.3) is 15.9 Å². The summed E-state index contributed by atoms with van der Waals surface area (Å²) in [6.07, 6.45) is 1.13. The number of piperidine rings is 2. The highest BCUT2D eigenvalue weighted by Crippen LogP contribution is 2.46. The number of fused-ring (bicyclic) bond motifs is 6. The van der Waals surface area contributed by atoms with E-state index < -0.39 is 10.0 Å². The van der Waals surface area contributed by atoms with E-state index in [-0.39, 0.29) is 70.2 Å². The molecule has 1 N–H and O–H groups in total. The van der Waals surface area contributed by atoms with Crippen LogP contribution in [0.15, 0.2) is 53.4 Å². The van der Waals surface area contributed by atoms with Crippen LogP contribution >= 0.6 is 0 Å². The molecular weight excluding hydrogens is 606 g/mol. The molecule has 2 amide bonds. The Labute approximate surface area is 270 Å². The fourth-order valence-electron chi connectivity index (χ4n) is 7.28. The minimum Gasteiger partial charge on any atom is -0.475 e. The lowest BCUT2D eigenvalue weighted by atomic mass is 9.64. The van der Waals surface area contributed by atoms with Gasteiger partial charge in [0.1, 0.15) is 6.61 Å². The lowest BCUT2D eigenvalue weighted by Crippen LogP contribution is -2.68. The number of nitrogens with one attached hydrogen (secondary N) is 1. The van der Waals surface area contributed by atoms with Gasteiger partial charge in [-0.15, -0.1) is 0 Å². The summed E-state index contributed by atoms with van der Waals surface area (Å²) in [5, 5.41) is 0. The van der Waals surface area contributed by atoms with Crippen LogP contribution in [0.4, 0.5) is 10.7 Å². The van der Waals surface area contributed by atoms with Gasteiger partial charge in [-0.2, -0.15) is 4.98 Å². The number of methoxy groups -OCH3 is 1. The lowest BCUT2D eigenvalue weighted by Gasteiger charge is -2.58. The number of aryl methyl sites for hydroxylation is 2. The van der Waals surface area contributed by atoms with Crippen LogP contribution in [0.1, 0.15) is 55.1 Å². The average Bonchev–Trinajstić information content (AvgIpc) is 3.00. The van der Waals surface area contributed by atoms with Gasteiger partial charge in [-0.05, 0) is 73.3 Å². The molecule has 0 spiro atoms. The summed E-state index contributed by atoms with van der Waals surface area (Å²) in [5.74, 6) is -0.0842. The van der Waals surface area contributed by atoms with Crippen molar-refractivity contribution >= 4 is 28.0 Å². The van der Waals surface area contributed by atoms with Crippen molar-refractivity contribution in [2.24, 2.45) is 17.3 Å². The first kappa shape index (κ1) is 31.8. The number of rotatable bonds is 3. The number of carbonyl (C=O) groups is 2. The highest BCUT2D eigenvalue weighted by Gasteiger charge is 2.53. The van der Waals surface area contributed by atoms with Gasteiger partial charge < -0.3 is 19.3 Å². The standard InChI is InChI=1S/C34H41N5O6S/c1-20-9-7-10-21(2)29(20)27-15-28-36-32(35-27)37-46(42,43)26-12-8-11-22(14-26)31(40)39(25(19-45-28)16-34(3,4)5)30-23-13-24(30)18-38(17-23)33(41)44-6/h7-12,14-15,23-25,30H,13,16-19H2,1-6H3,(H,35,36,37)/t23-,24+,25-,30?/m1/s1. The van der Waals surface area contributed by atoms with E-state index in [1.807, 2.05) is 36.9 Å². The SMILES string of the molecule is COC(=O)N1C[C@H]2C[C@@H](C1)C2N1C(=O)c2cccc(c2)S(=O)(=O)Nc2nc(cc(-c3c(C)cccc3C)n2)OC[C@H]1CC(C)(C)C. The van der Waals surface area contributed by atoms with Crippen LogP contribution < -0.4 is 9.46 Å². The molecule has 3 aromatic rings. The van der Waals surface area contributed by atoms with E-state index in [1.54, 1.807) is 23.1 Å². The van der Waals surface area contributed by atoms with Crippen molar-refractivity contribution in [1.29, 1.82) is 0 Å². The van der Waals surface area contributed by atoms with Crippen LogP contribution in [0.2, 0.25) is 0 Å². The molecule has 1 unspecified atom stereocenters.